The molecule has 0 spiro atoms. The molecule has 7 heteroatoms. The average molecular weight is 365 g/mol. The van der Waals surface area contributed by atoms with E-state index in [1.165, 1.54) is 12.4 Å². The number of benzene rings is 1. The molecular formula is C20H19N3O4. The van der Waals surface area contributed by atoms with Gasteiger partial charge in [0.1, 0.15) is 17.1 Å². The van der Waals surface area contributed by atoms with Gasteiger partial charge in [-0.3, -0.25) is 9.78 Å². The molecule has 1 aliphatic rings. The lowest BCUT2D eigenvalue weighted by molar-refractivity contribution is 0.0350. The van der Waals surface area contributed by atoms with Crippen LogP contribution in [0.1, 0.15) is 43.5 Å². The number of rotatable bonds is 4. The number of aromatic hydroxyl groups is 1. The minimum atomic E-state index is -0.428. The van der Waals surface area contributed by atoms with E-state index >= 15 is 0 Å². The number of hydrogen-bond acceptors (Lipinski definition) is 7. The van der Waals surface area contributed by atoms with Gasteiger partial charge in [0, 0.05) is 11.8 Å². The Morgan fingerprint density at radius 3 is 2.74 bits per heavy atom. The highest BCUT2D eigenvalue weighted by Crippen LogP contribution is 2.39. The summed E-state index contributed by atoms with van der Waals surface area (Å²) in [6, 6.07) is 6.88. The molecule has 7 nitrogen and oxygen atoms in total. The zero-order valence-corrected chi connectivity index (χ0v) is 15.1. The van der Waals surface area contributed by atoms with Crippen LogP contribution in [-0.2, 0) is 0 Å². The van der Waals surface area contributed by atoms with E-state index in [1.807, 2.05) is 13.8 Å². The summed E-state index contributed by atoms with van der Waals surface area (Å²) < 4.78 is 11.5. The molecule has 27 heavy (non-hydrogen) atoms. The van der Waals surface area contributed by atoms with Gasteiger partial charge in [-0.05, 0) is 37.1 Å². The summed E-state index contributed by atoms with van der Waals surface area (Å²) in [5, 5.41) is 13.8. The highest BCUT2D eigenvalue weighted by atomic mass is 16.5. The molecule has 4 rings (SSSR count). The van der Waals surface area contributed by atoms with Gasteiger partial charge in [-0.25, -0.2) is 0 Å². The molecule has 1 aliphatic heterocycles. The third-order valence-electron chi connectivity index (χ3n) is 5.09. The van der Waals surface area contributed by atoms with Crippen LogP contribution in [0.3, 0.4) is 0 Å². The molecule has 0 saturated heterocycles. The highest BCUT2D eigenvalue weighted by molar-refractivity contribution is 6.01. The van der Waals surface area contributed by atoms with E-state index in [-0.39, 0.29) is 23.2 Å². The first-order valence-electron chi connectivity index (χ1n) is 8.89. The SMILES string of the molecule is CCC1(CC)CC(=O)c2cc(-c3nc(-c4ccncc4O)no3)ccc2O1. The van der Waals surface area contributed by atoms with Crippen molar-refractivity contribution in [1.82, 2.24) is 15.1 Å². The smallest absolute Gasteiger partial charge is 0.258 e. The Morgan fingerprint density at radius 2 is 2.00 bits per heavy atom. The van der Waals surface area contributed by atoms with Crippen molar-refractivity contribution in [3.8, 4) is 34.3 Å². The van der Waals surface area contributed by atoms with Gasteiger partial charge >= 0.3 is 0 Å². The van der Waals surface area contributed by atoms with Gasteiger partial charge in [-0.15, -0.1) is 0 Å². The van der Waals surface area contributed by atoms with Crippen LogP contribution in [0.25, 0.3) is 22.8 Å². The Labute approximate surface area is 156 Å². The molecule has 3 heterocycles. The molecule has 3 aromatic rings. The normalized spacial score (nSPS) is 15.3. The highest BCUT2D eigenvalue weighted by Gasteiger charge is 2.37. The zero-order chi connectivity index (χ0) is 19.0. The van der Waals surface area contributed by atoms with Crippen molar-refractivity contribution in [3.05, 3.63) is 42.2 Å². The molecule has 1 N–H and O–H groups in total. The van der Waals surface area contributed by atoms with Crippen molar-refractivity contribution in [2.24, 2.45) is 0 Å². The van der Waals surface area contributed by atoms with Crippen LogP contribution in [0.5, 0.6) is 11.5 Å². The number of aromatic nitrogens is 3. The number of fused-ring (bicyclic) bond motifs is 1. The van der Waals surface area contributed by atoms with Crippen molar-refractivity contribution < 1.29 is 19.2 Å². The number of carbonyl (C=O) groups is 1. The molecule has 0 saturated carbocycles. The van der Waals surface area contributed by atoms with Crippen molar-refractivity contribution >= 4 is 5.78 Å². The Morgan fingerprint density at radius 1 is 1.19 bits per heavy atom. The predicted octanol–water partition coefficient (Wildman–Crippen LogP) is 4.03. The van der Waals surface area contributed by atoms with Crippen molar-refractivity contribution in [3.63, 3.8) is 0 Å². The molecule has 1 aromatic carbocycles. The summed E-state index contributed by atoms with van der Waals surface area (Å²) in [5.74, 6) is 1.12. The van der Waals surface area contributed by atoms with Crippen LogP contribution in [0.4, 0.5) is 0 Å². The predicted molar refractivity (Wildman–Crippen MR) is 97.5 cm³/mol. The van der Waals surface area contributed by atoms with Gasteiger partial charge in [0.2, 0.25) is 5.82 Å². The van der Waals surface area contributed by atoms with E-state index in [2.05, 4.69) is 15.1 Å². The summed E-state index contributed by atoms with van der Waals surface area (Å²) in [5.41, 5.74) is 1.14. The first kappa shape index (κ1) is 17.2. The van der Waals surface area contributed by atoms with E-state index in [1.54, 1.807) is 24.3 Å². The number of nitrogens with zero attached hydrogens (tertiary/aromatic N) is 3. The van der Waals surface area contributed by atoms with Crippen molar-refractivity contribution in [2.45, 2.75) is 38.7 Å². The summed E-state index contributed by atoms with van der Waals surface area (Å²) in [4.78, 5) is 20.8. The fourth-order valence-electron chi connectivity index (χ4n) is 3.30. The van der Waals surface area contributed by atoms with E-state index < -0.39 is 5.60 Å². The molecule has 0 bridgehead atoms. The van der Waals surface area contributed by atoms with Gasteiger partial charge < -0.3 is 14.4 Å². The van der Waals surface area contributed by atoms with Crippen molar-refractivity contribution in [1.29, 1.82) is 0 Å². The maximum Gasteiger partial charge on any atom is 0.258 e. The lowest BCUT2D eigenvalue weighted by Crippen LogP contribution is -2.40. The minimum absolute atomic E-state index is 0.0330. The molecular weight excluding hydrogens is 346 g/mol. The van der Waals surface area contributed by atoms with Crippen LogP contribution < -0.4 is 4.74 Å². The Balaban J connectivity index is 1.69. The molecule has 0 unspecified atom stereocenters. The van der Waals surface area contributed by atoms with Crippen LogP contribution in [0.2, 0.25) is 0 Å². The summed E-state index contributed by atoms with van der Waals surface area (Å²) >= 11 is 0. The first-order valence-corrected chi connectivity index (χ1v) is 8.89. The number of carbonyl (C=O) groups excluding carboxylic acids is 1. The summed E-state index contributed by atoms with van der Waals surface area (Å²) in [6.45, 7) is 4.06. The molecule has 0 atom stereocenters. The fraction of sp³-hybridized carbons (Fsp3) is 0.300. The van der Waals surface area contributed by atoms with Gasteiger partial charge in [0.25, 0.3) is 5.89 Å². The quantitative estimate of drug-likeness (QED) is 0.745. The number of pyridine rings is 1. The van der Waals surface area contributed by atoms with E-state index in [0.29, 0.717) is 28.9 Å². The molecule has 2 aromatic heterocycles. The van der Waals surface area contributed by atoms with Gasteiger partial charge in [0.05, 0.1) is 23.7 Å². The Hall–Kier alpha value is -3.22. The van der Waals surface area contributed by atoms with Crippen LogP contribution in [0.15, 0.2) is 41.2 Å². The third-order valence-corrected chi connectivity index (χ3v) is 5.09. The molecule has 0 fully saturated rings. The summed E-state index contributed by atoms with van der Waals surface area (Å²) in [7, 11) is 0. The topological polar surface area (TPSA) is 98.3 Å². The maximum absolute atomic E-state index is 12.7. The third kappa shape index (κ3) is 2.95. The maximum atomic E-state index is 12.7. The number of ether oxygens (including phenoxy) is 1. The second-order valence-corrected chi connectivity index (χ2v) is 6.62. The molecule has 0 amide bonds. The standard InChI is InChI=1S/C20H19N3O4/c1-3-20(4-2)10-15(24)14-9-12(5-6-17(14)26-20)19-22-18(23-27-19)13-7-8-21-11-16(13)25/h5-9,11,25H,3-4,10H2,1-2H3. The average Bonchev–Trinajstić information content (AvgIpc) is 3.18. The molecule has 0 aliphatic carbocycles. The lowest BCUT2D eigenvalue weighted by Gasteiger charge is -2.36. The largest absolute Gasteiger partial charge is 0.506 e. The zero-order valence-electron chi connectivity index (χ0n) is 15.1. The summed E-state index contributed by atoms with van der Waals surface area (Å²) in [6.07, 6.45) is 4.76. The number of hydrogen-bond donors (Lipinski definition) is 1. The second-order valence-electron chi connectivity index (χ2n) is 6.62. The minimum Gasteiger partial charge on any atom is -0.506 e. The monoisotopic (exact) mass is 365 g/mol. The molecule has 138 valence electrons. The van der Waals surface area contributed by atoms with E-state index in [9.17, 15) is 9.90 Å². The van der Waals surface area contributed by atoms with Crippen LogP contribution >= 0.6 is 0 Å². The van der Waals surface area contributed by atoms with Crippen LogP contribution in [0, 0.1) is 0 Å². The van der Waals surface area contributed by atoms with E-state index in [0.717, 1.165) is 12.8 Å². The second kappa shape index (κ2) is 6.50. The van der Waals surface area contributed by atoms with Crippen molar-refractivity contribution in [2.75, 3.05) is 0 Å². The number of ketones is 1. The van der Waals surface area contributed by atoms with E-state index in [4.69, 9.17) is 9.26 Å². The van der Waals surface area contributed by atoms with Gasteiger partial charge in [0.15, 0.2) is 5.78 Å². The molecule has 0 radical (unpaired) electrons. The lowest BCUT2D eigenvalue weighted by atomic mass is 9.85. The Kier molecular flexibility index (Phi) is 4.14. The Bertz CT molecular complexity index is 1010. The number of Topliss-reactive ketones (excluding diaryl/α,β-unsaturated/α-hetero) is 1. The first-order chi connectivity index (χ1) is 13.0. The fourth-order valence-corrected chi connectivity index (χ4v) is 3.30. The van der Waals surface area contributed by atoms with Gasteiger partial charge in [-0.2, -0.15) is 4.98 Å². The van der Waals surface area contributed by atoms with Gasteiger partial charge in [-0.1, -0.05) is 19.0 Å². The van der Waals surface area contributed by atoms with Crippen LogP contribution in [-0.4, -0.2) is 31.6 Å².